The number of aromatic nitrogens is 1. The van der Waals surface area contributed by atoms with Crippen LogP contribution in [0.4, 0.5) is 11.5 Å². The van der Waals surface area contributed by atoms with Crippen LogP contribution in [0.5, 0.6) is 0 Å². The number of benzene rings is 1. The van der Waals surface area contributed by atoms with Crippen molar-refractivity contribution in [1.82, 2.24) is 4.98 Å². The number of hydrogen-bond acceptors (Lipinski definition) is 4. The number of sulfonamides is 1. The zero-order chi connectivity index (χ0) is 18.0. The summed E-state index contributed by atoms with van der Waals surface area (Å²) < 4.78 is 27.9. The number of nitrogens with one attached hydrogen (secondary N) is 1. The van der Waals surface area contributed by atoms with Gasteiger partial charge in [0.2, 0.25) is 0 Å². The van der Waals surface area contributed by atoms with Gasteiger partial charge in [-0.25, -0.2) is 13.4 Å². The number of nitrogens with zero attached hydrogens (tertiary/aromatic N) is 2. The van der Waals surface area contributed by atoms with Gasteiger partial charge in [-0.15, -0.1) is 0 Å². The van der Waals surface area contributed by atoms with Gasteiger partial charge in [-0.3, -0.25) is 4.72 Å². The number of anilines is 2. The lowest BCUT2D eigenvalue weighted by atomic mass is 9.99. The van der Waals surface area contributed by atoms with Gasteiger partial charge in [-0.05, 0) is 61.9 Å². The summed E-state index contributed by atoms with van der Waals surface area (Å²) in [7, 11) is -3.62. The first-order valence-corrected chi connectivity index (χ1v) is 10.1. The molecular formula is C19H25N3O2S. The minimum atomic E-state index is -3.62. The van der Waals surface area contributed by atoms with E-state index in [0.717, 1.165) is 36.0 Å². The Bertz CT molecular complexity index is 839. The van der Waals surface area contributed by atoms with Gasteiger partial charge in [0.05, 0.1) is 16.8 Å². The van der Waals surface area contributed by atoms with E-state index in [0.29, 0.717) is 10.6 Å². The third-order valence-corrected chi connectivity index (χ3v) is 6.26. The zero-order valence-corrected chi connectivity index (χ0v) is 15.8. The van der Waals surface area contributed by atoms with Gasteiger partial charge >= 0.3 is 0 Å². The Hall–Kier alpha value is -2.08. The molecule has 1 fully saturated rings. The lowest BCUT2D eigenvalue weighted by molar-refractivity contribution is 0.436. The molecule has 1 aromatic heterocycles. The SMILES string of the molecule is Cc1ccc(C)c(S(=O)(=O)Nc2ccc(N3CCC(C)CC3)nc2)c1. The lowest BCUT2D eigenvalue weighted by Crippen LogP contribution is -2.33. The van der Waals surface area contributed by atoms with Crippen LogP contribution in [0.3, 0.4) is 0 Å². The van der Waals surface area contributed by atoms with E-state index in [1.807, 2.05) is 25.1 Å². The summed E-state index contributed by atoms with van der Waals surface area (Å²) in [6.45, 7) is 7.96. The number of aryl methyl sites for hydroxylation is 2. The molecule has 6 heteroatoms. The quantitative estimate of drug-likeness (QED) is 0.903. The van der Waals surface area contributed by atoms with Gasteiger partial charge in [-0.1, -0.05) is 19.1 Å². The van der Waals surface area contributed by atoms with Crippen molar-refractivity contribution in [2.24, 2.45) is 5.92 Å². The molecule has 25 heavy (non-hydrogen) atoms. The van der Waals surface area contributed by atoms with E-state index < -0.39 is 10.0 Å². The first-order chi connectivity index (χ1) is 11.8. The first-order valence-electron chi connectivity index (χ1n) is 8.66. The maximum Gasteiger partial charge on any atom is 0.262 e. The Balaban J connectivity index is 1.75. The molecule has 1 aromatic carbocycles. The lowest BCUT2D eigenvalue weighted by Gasteiger charge is -2.31. The van der Waals surface area contributed by atoms with Gasteiger partial charge in [-0.2, -0.15) is 0 Å². The van der Waals surface area contributed by atoms with Crippen LogP contribution in [0.2, 0.25) is 0 Å². The fraction of sp³-hybridized carbons (Fsp3) is 0.421. The molecule has 0 saturated carbocycles. The molecule has 0 aliphatic carbocycles. The molecule has 0 radical (unpaired) electrons. The van der Waals surface area contributed by atoms with E-state index in [2.05, 4.69) is 21.5 Å². The summed E-state index contributed by atoms with van der Waals surface area (Å²) in [6, 6.07) is 9.08. The van der Waals surface area contributed by atoms with E-state index in [-0.39, 0.29) is 0 Å². The van der Waals surface area contributed by atoms with Crippen molar-refractivity contribution in [2.75, 3.05) is 22.7 Å². The topological polar surface area (TPSA) is 62.3 Å². The molecule has 0 atom stereocenters. The number of piperidine rings is 1. The molecule has 0 spiro atoms. The van der Waals surface area contributed by atoms with Gasteiger partial charge in [0.15, 0.2) is 0 Å². The van der Waals surface area contributed by atoms with E-state index in [9.17, 15) is 8.42 Å². The second kappa shape index (κ2) is 7.04. The smallest absolute Gasteiger partial charge is 0.262 e. The molecule has 1 saturated heterocycles. The zero-order valence-electron chi connectivity index (χ0n) is 15.0. The first kappa shape index (κ1) is 17.7. The van der Waals surface area contributed by atoms with Crippen LogP contribution in [-0.2, 0) is 10.0 Å². The molecule has 0 bridgehead atoms. The van der Waals surface area contributed by atoms with Crippen LogP contribution in [0.1, 0.15) is 30.9 Å². The van der Waals surface area contributed by atoms with Crippen LogP contribution in [-0.4, -0.2) is 26.5 Å². The average molecular weight is 359 g/mol. The Morgan fingerprint density at radius 2 is 1.84 bits per heavy atom. The fourth-order valence-electron chi connectivity index (χ4n) is 3.08. The number of rotatable bonds is 4. The average Bonchev–Trinajstić information content (AvgIpc) is 2.58. The number of pyridine rings is 1. The van der Waals surface area contributed by atoms with Crippen molar-refractivity contribution in [1.29, 1.82) is 0 Å². The highest BCUT2D eigenvalue weighted by Gasteiger charge is 2.19. The van der Waals surface area contributed by atoms with E-state index in [1.54, 1.807) is 25.3 Å². The molecule has 2 heterocycles. The Morgan fingerprint density at radius 1 is 1.12 bits per heavy atom. The molecule has 1 N–H and O–H groups in total. The maximum absolute atomic E-state index is 12.6. The van der Waals surface area contributed by atoms with Crippen molar-refractivity contribution in [3.05, 3.63) is 47.7 Å². The molecule has 3 rings (SSSR count). The largest absolute Gasteiger partial charge is 0.357 e. The molecule has 0 amide bonds. The van der Waals surface area contributed by atoms with Crippen LogP contribution < -0.4 is 9.62 Å². The van der Waals surface area contributed by atoms with E-state index in [1.165, 1.54) is 12.8 Å². The monoisotopic (exact) mass is 359 g/mol. The van der Waals surface area contributed by atoms with Gasteiger partial charge in [0, 0.05) is 13.1 Å². The molecule has 5 nitrogen and oxygen atoms in total. The Labute approximate surface area is 150 Å². The summed E-state index contributed by atoms with van der Waals surface area (Å²) >= 11 is 0. The minimum Gasteiger partial charge on any atom is -0.357 e. The molecule has 134 valence electrons. The van der Waals surface area contributed by atoms with Crippen molar-refractivity contribution < 1.29 is 8.42 Å². The standard InChI is InChI=1S/C19H25N3O2S/c1-14-8-10-22(11-9-14)19-7-6-17(13-20-19)21-25(23,24)18-12-15(2)4-5-16(18)3/h4-7,12-14,21H,8-11H2,1-3H3. The van der Waals surface area contributed by atoms with Crippen LogP contribution >= 0.6 is 0 Å². The molecule has 1 aliphatic heterocycles. The summed E-state index contributed by atoms with van der Waals surface area (Å²) in [5.41, 5.74) is 2.12. The highest BCUT2D eigenvalue weighted by atomic mass is 32.2. The predicted octanol–water partition coefficient (Wildman–Crippen LogP) is 3.74. The predicted molar refractivity (Wildman–Crippen MR) is 102 cm³/mol. The van der Waals surface area contributed by atoms with Crippen molar-refractivity contribution in [2.45, 2.75) is 38.5 Å². The summed E-state index contributed by atoms with van der Waals surface area (Å²) in [5.74, 6) is 1.67. The third kappa shape index (κ3) is 4.12. The van der Waals surface area contributed by atoms with E-state index >= 15 is 0 Å². The molecule has 1 aliphatic rings. The Morgan fingerprint density at radius 3 is 2.48 bits per heavy atom. The minimum absolute atomic E-state index is 0.307. The van der Waals surface area contributed by atoms with Gasteiger partial charge in [0.25, 0.3) is 10.0 Å². The van der Waals surface area contributed by atoms with Crippen molar-refractivity contribution in [3.63, 3.8) is 0 Å². The van der Waals surface area contributed by atoms with Gasteiger partial charge < -0.3 is 4.90 Å². The highest BCUT2D eigenvalue weighted by molar-refractivity contribution is 7.92. The third-order valence-electron chi connectivity index (χ3n) is 4.74. The molecular weight excluding hydrogens is 334 g/mol. The van der Waals surface area contributed by atoms with E-state index in [4.69, 9.17) is 0 Å². The van der Waals surface area contributed by atoms with Crippen molar-refractivity contribution in [3.8, 4) is 0 Å². The summed E-state index contributed by atoms with van der Waals surface area (Å²) in [6.07, 6.45) is 3.93. The second-order valence-corrected chi connectivity index (χ2v) is 8.60. The second-order valence-electron chi connectivity index (χ2n) is 6.95. The highest BCUT2D eigenvalue weighted by Crippen LogP contribution is 2.24. The normalized spacial score (nSPS) is 16.0. The maximum atomic E-state index is 12.6. The van der Waals surface area contributed by atoms with Crippen molar-refractivity contribution >= 4 is 21.5 Å². The Kier molecular flexibility index (Phi) is 4.99. The van der Waals surface area contributed by atoms with Crippen LogP contribution in [0.25, 0.3) is 0 Å². The number of hydrogen-bond donors (Lipinski definition) is 1. The molecule has 0 unspecified atom stereocenters. The summed E-state index contributed by atoms with van der Waals surface area (Å²) in [4.78, 5) is 7.00. The molecule has 2 aromatic rings. The van der Waals surface area contributed by atoms with Gasteiger partial charge in [0.1, 0.15) is 5.82 Å². The fourth-order valence-corrected chi connectivity index (χ4v) is 4.45. The summed E-state index contributed by atoms with van der Waals surface area (Å²) in [5, 5.41) is 0. The van der Waals surface area contributed by atoms with Crippen LogP contribution in [0, 0.1) is 19.8 Å². The van der Waals surface area contributed by atoms with Crippen LogP contribution in [0.15, 0.2) is 41.4 Å².